The number of benzene rings is 1. The van der Waals surface area contributed by atoms with Crippen LogP contribution >= 0.6 is 15.9 Å². The van der Waals surface area contributed by atoms with E-state index < -0.39 is 12.1 Å². The van der Waals surface area contributed by atoms with Gasteiger partial charge in [0.1, 0.15) is 11.9 Å². The first-order valence-corrected chi connectivity index (χ1v) is 15.3. The largest absolute Gasteiger partial charge is 0.487 e. The number of nitrogens with zero attached hydrogens (tertiary/aromatic N) is 4. The lowest BCUT2D eigenvalue weighted by Gasteiger charge is -2.42. The highest BCUT2D eigenvalue weighted by atomic mass is 79.9. The Balaban J connectivity index is 1.25. The number of amides is 1. The molecule has 4 aliphatic rings. The Bertz CT molecular complexity index is 1360. The number of carbonyl (C=O) groups excluding carboxylic acids is 1. The van der Waals surface area contributed by atoms with Crippen molar-refractivity contribution < 1.29 is 23.9 Å². The van der Waals surface area contributed by atoms with Crippen molar-refractivity contribution in [1.82, 2.24) is 15.0 Å². The lowest BCUT2D eigenvalue weighted by atomic mass is 9.77. The average Bonchev–Trinajstić information content (AvgIpc) is 3.64. The van der Waals surface area contributed by atoms with Crippen LogP contribution in [-0.2, 0) is 9.53 Å². The normalized spacial score (nSPS) is 28.8. The van der Waals surface area contributed by atoms with Gasteiger partial charge in [-0.15, -0.1) is 0 Å². The summed E-state index contributed by atoms with van der Waals surface area (Å²) in [6.45, 7) is 6.98. The van der Waals surface area contributed by atoms with Gasteiger partial charge in [0, 0.05) is 50.0 Å². The van der Waals surface area contributed by atoms with Crippen molar-refractivity contribution in [2.75, 3.05) is 38.3 Å². The number of nitrogens with two attached hydrogens (primary N) is 1. The van der Waals surface area contributed by atoms with Gasteiger partial charge in [-0.05, 0) is 53.1 Å². The number of anilines is 1. The minimum atomic E-state index is -1.18. The molecule has 1 aromatic carbocycles. The molecule has 2 saturated heterocycles. The molecule has 0 radical (unpaired) electrons. The number of fused-ring (bicyclic) bond motifs is 1. The van der Waals surface area contributed by atoms with Crippen molar-refractivity contribution in [3.05, 3.63) is 51.6 Å². The number of hydrogen-bond acceptors (Lipinski definition) is 9. The summed E-state index contributed by atoms with van der Waals surface area (Å²) in [4.78, 5) is 21.4. The molecular weight excluding hydrogens is 590 g/mol. The predicted molar refractivity (Wildman–Crippen MR) is 157 cm³/mol. The van der Waals surface area contributed by atoms with Crippen LogP contribution < -0.4 is 15.4 Å². The Morgan fingerprint density at radius 1 is 1.22 bits per heavy atom. The zero-order valence-electron chi connectivity index (χ0n) is 23.8. The number of primary amides is 1. The van der Waals surface area contributed by atoms with Crippen LogP contribution in [0.4, 0.5) is 5.69 Å². The zero-order chi connectivity index (χ0) is 28.8. The van der Waals surface area contributed by atoms with Gasteiger partial charge in [0.2, 0.25) is 5.89 Å². The minimum absolute atomic E-state index is 0.0235. The molecule has 3 aliphatic heterocycles. The highest BCUT2D eigenvalue weighted by molar-refractivity contribution is 9.10. The first kappa shape index (κ1) is 28.2. The van der Waals surface area contributed by atoms with Gasteiger partial charge in [-0.1, -0.05) is 31.2 Å². The van der Waals surface area contributed by atoms with Crippen LogP contribution in [0.25, 0.3) is 5.70 Å². The number of likely N-dealkylation sites (N-methyl/N-ethyl adjacent to an activating group) is 1. The van der Waals surface area contributed by atoms with Gasteiger partial charge in [-0.25, -0.2) is 0 Å². The minimum Gasteiger partial charge on any atom is -0.487 e. The van der Waals surface area contributed by atoms with E-state index in [-0.39, 0.29) is 23.5 Å². The number of piperidine rings is 1. The maximum Gasteiger partial charge on any atom is 0.251 e. The molecule has 2 fully saturated rings. The summed E-state index contributed by atoms with van der Waals surface area (Å²) in [6, 6.07) is 3.87. The third kappa shape index (κ3) is 5.28. The predicted octanol–water partition coefficient (Wildman–Crippen LogP) is 4.16. The molecule has 5 unspecified atom stereocenters. The molecular formula is C30H38BrN5O5. The van der Waals surface area contributed by atoms with Crippen LogP contribution in [-0.4, -0.2) is 71.7 Å². The smallest absolute Gasteiger partial charge is 0.251 e. The molecule has 4 heterocycles. The SMILES string of the molecule is CC1C=CCC(C)C1c1noc(C2CCN(C3=C(C(N)=O)C(O)N(C)c4cc(OC5CCOC5)c(Br)cc43)CC2)n1. The summed E-state index contributed by atoms with van der Waals surface area (Å²) in [6.07, 6.45) is 6.69. The van der Waals surface area contributed by atoms with Gasteiger partial charge < -0.3 is 34.6 Å². The van der Waals surface area contributed by atoms with E-state index in [1.54, 1.807) is 11.9 Å². The van der Waals surface area contributed by atoms with Gasteiger partial charge in [-0.3, -0.25) is 4.79 Å². The molecule has 0 spiro atoms. The molecule has 3 N–H and O–H groups in total. The number of aromatic nitrogens is 2. The second-order valence-corrected chi connectivity index (χ2v) is 12.6. The Hall–Kier alpha value is -2.89. The molecule has 6 rings (SSSR count). The quantitative estimate of drug-likeness (QED) is 0.454. The topological polar surface area (TPSA) is 127 Å². The first-order valence-electron chi connectivity index (χ1n) is 14.5. The molecule has 0 saturated carbocycles. The van der Waals surface area contributed by atoms with Gasteiger partial charge >= 0.3 is 0 Å². The van der Waals surface area contributed by atoms with Crippen LogP contribution in [0, 0.1) is 11.8 Å². The molecule has 1 aliphatic carbocycles. The average molecular weight is 629 g/mol. The van der Waals surface area contributed by atoms with E-state index >= 15 is 0 Å². The number of aliphatic hydroxyl groups is 1. The number of ether oxygens (including phenoxy) is 2. The summed E-state index contributed by atoms with van der Waals surface area (Å²) in [5.41, 5.74) is 8.31. The fraction of sp³-hybridized carbons (Fsp3) is 0.567. The van der Waals surface area contributed by atoms with Crippen LogP contribution in [0.5, 0.6) is 5.75 Å². The van der Waals surface area contributed by atoms with E-state index in [1.807, 2.05) is 12.1 Å². The lowest BCUT2D eigenvalue weighted by molar-refractivity contribution is -0.115. The second kappa shape index (κ2) is 11.4. The van der Waals surface area contributed by atoms with Gasteiger partial charge in [-0.2, -0.15) is 4.98 Å². The van der Waals surface area contributed by atoms with Crippen molar-refractivity contribution in [2.45, 2.75) is 63.7 Å². The van der Waals surface area contributed by atoms with Crippen molar-refractivity contribution in [3.8, 4) is 5.75 Å². The van der Waals surface area contributed by atoms with Crippen LogP contribution in [0.15, 0.2) is 38.9 Å². The molecule has 11 heteroatoms. The number of hydrogen-bond donors (Lipinski definition) is 2. The Morgan fingerprint density at radius 3 is 2.68 bits per heavy atom. The maximum absolute atomic E-state index is 12.7. The number of allylic oxidation sites excluding steroid dienone is 2. The molecule has 1 aromatic heterocycles. The molecule has 0 bridgehead atoms. The number of carbonyl (C=O) groups is 1. The molecule has 5 atom stereocenters. The molecule has 10 nitrogen and oxygen atoms in total. The van der Waals surface area contributed by atoms with E-state index in [1.165, 1.54) is 0 Å². The molecule has 1 amide bonds. The summed E-state index contributed by atoms with van der Waals surface area (Å²) in [5.74, 6) is 2.73. The van der Waals surface area contributed by atoms with E-state index in [4.69, 9.17) is 24.7 Å². The molecule has 220 valence electrons. The fourth-order valence-electron chi connectivity index (χ4n) is 6.76. The molecule has 41 heavy (non-hydrogen) atoms. The Kier molecular flexibility index (Phi) is 7.86. The van der Waals surface area contributed by atoms with Crippen molar-refractivity contribution in [2.24, 2.45) is 17.6 Å². The van der Waals surface area contributed by atoms with E-state index in [2.05, 4.69) is 52.0 Å². The third-order valence-electron chi connectivity index (χ3n) is 9.06. The Morgan fingerprint density at radius 2 is 2.00 bits per heavy atom. The van der Waals surface area contributed by atoms with Crippen LogP contribution in [0.1, 0.15) is 68.6 Å². The van der Waals surface area contributed by atoms with Crippen molar-refractivity contribution in [3.63, 3.8) is 0 Å². The van der Waals surface area contributed by atoms with Crippen LogP contribution in [0.2, 0.25) is 0 Å². The summed E-state index contributed by atoms with van der Waals surface area (Å²) >= 11 is 3.67. The van der Waals surface area contributed by atoms with Gasteiger partial charge in [0.15, 0.2) is 12.1 Å². The number of rotatable bonds is 6. The first-order chi connectivity index (χ1) is 19.7. The standard InChI is InChI=1S/C30H38BrN5O5/c1-16-5-4-6-17(2)24(16)28-33-29(41-34-28)18-7-10-36(11-8-18)26-20-13-21(31)23(40-19-9-12-39-15-19)14-22(20)35(3)30(38)25(26)27(32)37/h4-5,13-14,16-19,24,30,38H,6-12,15H2,1-3H3,(H2,32,37). The van der Waals surface area contributed by atoms with E-state index in [9.17, 15) is 9.90 Å². The Labute approximate surface area is 248 Å². The summed E-state index contributed by atoms with van der Waals surface area (Å²) in [7, 11) is 1.75. The van der Waals surface area contributed by atoms with Crippen LogP contribution in [0.3, 0.4) is 0 Å². The van der Waals surface area contributed by atoms with Gasteiger partial charge in [0.05, 0.1) is 34.6 Å². The number of likely N-dealkylation sites (tertiary alicyclic amines) is 1. The molecule has 2 aromatic rings. The number of aliphatic hydroxyl groups excluding tert-OH is 1. The maximum atomic E-state index is 12.7. The zero-order valence-corrected chi connectivity index (χ0v) is 25.3. The monoisotopic (exact) mass is 627 g/mol. The highest BCUT2D eigenvalue weighted by Crippen LogP contribution is 2.45. The van der Waals surface area contributed by atoms with Crippen molar-refractivity contribution >= 4 is 33.2 Å². The summed E-state index contributed by atoms with van der Waals surface area (Å²) < 4.78 is 18.2. The lowest BCUT2D eigenvalue weighted by Crippen LogP contribution is -2.45. The summed E-state index contributed by atoms with van der Waals surface area (Å²) in [5, 5.41) is 15.6. The van der Waals surface area contributed by atoms with E-state index in [0.29, 0.717) is 55.5 Å². The third-order valence-corrected chi connectivity index (χ3v) is 9.68. The highest BCUT2D eigenvalue weighted by Gasteiger charge is 2.39. The fourth-order valence-corrected chi connectivity index (χ4v) is 7.19. The number of halogens is 1. The van der Waals surface area contributed by atoms with Gasteiger partial charge in [0.25, 0.3) is 5.91 Å². The van der Waals surface area contributed by atoms with E-state index in [0.717, 1.165) is 47.2 Å². The second-order valence-electron chi connectivity index (χ2n) is 11.8. The van der Waals surface area contributed by atoms with Crippen molar-refractivity contribution in [1.29, 1.82) is 0 Å².